The molecule has 0 aromatic carbocycles. The van der Waals surface area contributed by atoms with E-state index in [-0.39, 0.29) is 5.75 Å². The van der Waals surface area contributed by atoms with Gasteiger partial charge in [-0.3, -0.25) is 4.79 Å². The van der Waals surface area contributed by atoms with Crippen LogP contribution in [0.15, 0.2) is 5.16 Å². The number of carboxylic acid groups (broad SMARTS) is 1. The normalized spacial score (nSPS) is 24.1. The van der Waals surface area contributed by atoms with Crippen LogP contribution in [0.3, 0.4) is 0 Å². The molecule has 1 saturated carbocycles. The third-order valence-electron chi connectivity index (χ3n) is 3.06. The molecule has 0 amide bonds. The van der Waals surface area contributed by atoms with Crippen LogP contribution in [-0.2, 0) is 4.79 Å². The van der Waals surface area contributed by atoms with Gasteiger partial charge in [0, 0.05) is 5.25 Å². The monoisotopic (exact) mass is 288 g/mol. The van der Waals surface area contributed by atoms with Crippen molar-refractivity contribution in [2.24, 2.45) is 0 Å². The summed E-state index contributed by atoms with van der Waals surface area (Å²) in [5, 5.41) is 21.6. The summed E-state index contributed by atoms with van der Waals surface area (Å²) >= 11 is 3.07. The first-order valence-electron chi connectivity index (χ1n) is 5.86. The smallest absolute Gasteiger partial charge is 0.313 e. The molecule has 1 heterocycles. The van der Waals surface area contributed by atoms with Gasteiger partial charge in [-0.1, -0.05) is 18.2 Å². The molecule has 1 fully saturated rings. The largest absolute Gasteiger partial charge is 0.481 e. The van der Waals surface area contributed by atoms with Crippen molar-refractivity contribution in [1.82, 2.24) is 20.2 Å². The Morgan fingerprint density at radius 3 is 3.11 bits per heavy atom. The molecular formula is C10H16N4O2S2. The lowest BCUT2D eigenvalue weighted by atomic mass is 9.95. The summed E-state index contributed by atoms with van der Waals surface area (Å²) in [6.07, 6.45) is 6.69. The SMILES string of the molecule is CSC1CCCC(n2nnnc2SCC(=O)O)C1. The molecule has 2 unspecified atom stereocenters. The lowest BCUT2D eigenvalue weighted by Crippen LogP contribution is -2.22. The van der Waals surface area contributed by atoms with Gasteiger partial charge in [-0.15, -0.1) is 5.10 Å². The number of tetrazole rings is 1. The Hall–Kier alpha value is -0.760. The molecule has 8 heteroatoms. The molecule has 1 aromatic rings. The predicted octanol–water partition coefficient (Wildman–Crippen LogP) is 1.70. The van der Waals surface area contributed by atoms with Gasteiger partial charge in [0.25, 0.3) is 0 Å². The lowest BCUT2D eigenvalue weighted by Gasteiger charge is -2.28. The number of aromatic nitrogens is 4. The van der Waals surface area contributed by atoms with E-state index in [2.05, 4.69) is 21.8 Å². The third kappa shape index (κ3) is 3.38. The minimum Gasteiger partial charge on any atom is -0.481 e. The fraction of sp³-hybridized carbons (Fsp3) is 0.800. The van der Waals surface area contributed by atoms with Gasteiger partial charge in [0.1, 0.15) is 0 Å². The highest BCUT2D eigenvalue weighted by Gasteiger charge is 2.25. The number of hydrogen-bond donors (Lipinski definition) is 1. The molecule has 100 valence electrons. The molecule has 1 aliphatic rings. The third-order valence-corrected chi connectivity index (χ3v) is 5.08. The Kier molecular flexibility index (Phi) is 4.87. The maximum absolute atomic E-state index is 10.6. The molecule has 1 N–H and O–H groups in total. The van der Waals surface area contributed by atoms with E-state index in [1.54, 1.807) is 4.68 Å². The first-order chi connectivity index (χ1) is 8.70. The molecule has 2 atom stereocenters. The minimum absolute atomic E-state index is 0.000943. The molecule has 1 aromatic heterocycles. The molecule has 6 nitrogen and oxygen atoms in total. The van der Waals surface area contributed by atoms with E-state index in [1.165, 1.54) is 24.6 Å². The van der Waals surface area contributed by atoms with Crippen molar-refractivity contribution in [2.75, 3.05) is 12.0 Å². The summed E-state index contributed by atoms with van der Waals surface area (Å²) in [6, 6.07) is 0.308. The van der Waals surface area contributed by atoms with Crippen LogP contribution in [0.25, 0.3) is 0 Å². The van der Waals surface area contributed by atoms with Gasteiger partial charge >= 0.3 is 5.97 Å². The molecule has 0 aliphatic heterocycles. The van der Waals surface area contributed by atoms with Crippen LogP contribution in [0, 0.1) is 0 Å². The van der Waals surface area contributed by atoms with E-state index >= 15 is 0 Å². The fourth-order valence-corrected chi connectivity index (χ4v) is 3.67. The molecule has 0 bridgehead atoms. The van der Waals surface area contributed by atoms with Crippen molar-refractivity contribution < 1.29 is 9.90 Å². The quantitative estimate of drug-likeness (QED) is 0.826. The number of hydrogen-bond acceptors (Lipinski definition) is 6. The summed E-state index contributed by atoms with van der Waals surface area (Å²) in [4.78, 5) is 10.6. The topological polar surface area (TPSA) is 80.9 Å². The van der Waals surface area contributed by atoms with Crippen molar-refractivity contribution in [3.8, 4) is 0 Å². The molecule has 0 radical (unpaired) electrons. The molecule has 1 aliphatic carbocycles. The lowest BCUT2D eigenvalue weighted by molar-refractivity contribution is -0.133. The van der Waals surface area contributed by atoms with Crippen molar-refractivity contribution in [3.05, 3.63) is 0 Å². The van der Waals surface area contributed by atoms with Crippen molar-refractivity contribution in [2.45, 2.75) is 42.1 Å². The second-order valence-corrected chi connectivity index (χ2v) is 6.35. The molecule has 18 heavy (non-hydrogen) atoms. The number of rotatable bonds is 5. The van der Waals surface area contributed by atoms with Crippen LogP contribution in [0.5, 0.6) is 0 Å². The Balaban J connectivity index is 2.03. The predicted molar refractivity (Wildman–Crippen MR) is 71.0 cm³/mol. The Labute approximate surface area is 114 Å². The molecule has 0 saturated heterocycles. The summed E-state index contributed by atoms with van der Waals surface area (Å²) in [6.45, 7) is 0. The van der Waals surface area contributed by atoms with E-state index in [1.807, 2.05) is 11.8 Å². The van der Waals surface area contributed by atoms with Gasteiger partial charge in [-0.05, 0) is 35.9 Å². The van der Waals surface area contributed by atoms with Gasteiger partial charge < -0.3 is 5.11 Å². The maximum Gasteiger partial charge on any atom is 0.313 e. The van der Waals surface area contributed by atoms with Gasteiger partial charge in [0.05, 0.1) is 11.8 Å². The van der Waals surface area contributed by atoms with Gasteiger partial charge in [0.15, 0.2) is 0 Å². The number of carboxylic acids is 1. The maximum atomic E-state index is 10.6. The van der Waals surface area contributed by atoms with E-state index in [0.29, 0.717) is 16.4 Å². The summed E-state index contributed by atoms with van der Waals surface area (Å²) in [5.74, 6) is -0.848. The first-order valence-corrected chi connectivity index (χ1v) is 8.13. The highest BCUT2D eigenvalue weighted by molar-refractivity contribution is 7.99. The van der Waals surface area contributed by atoms with Crippen molar-refractivity contribution in [1.29, 1.82) is 0 Å². The standard InChI is InChI=1S/C10H16N4O2S2/c1-17-8-4-2-3-7(5-8)14-10(11-12-13-14)18-6-9(15)16/h7-8H,2-6H2,1H3,(H,15,16). The van der Waals surface area contributed by atoms with Crippen LogP contribution in [0.4, 0.5) is 0 Å². The minimum atomic E-state index is -0.847. The summed E-state index contributed by atoms with van der Waals surface area (Å²) < 4.78 is 1.80. The zero-order chi connectivity index (χ0) is 13.0. The van der Waals surface area contributed by atoms with Gasteiger partial charge in [-0.25, -0.2) is 4.68 Å². The zero-order valence-corrected chi connectivity index (χ0v) is 11.8. The Morgan fingerprint density at radius 2 is 2.39 bits per heavy atom. The Bertz CT molecular complexity index is 412. The zero-order valence-electron chi connectivity index (χ0n) is 10.2. The van der Waals surface area contributed by atoms with Crippen molar-refractivity contribution in [3.63, 3.8) is 0 Å². The number of carbonyl (C=O) groups is 1. The highest BCUT2D eigenvalue weighted by atomic mass is 32.2. The number of thioether (sulfide) groups is 2. The average molecular weight is 288 g/mol. The summed E-state index contributed by atoms with van der Waals surface area (Å²) in [7, 11) is 0. The van der Waals surface area contributed by atoms with Crippen LogP contribution in [0.1, 0.15) is 31.7 Å². The Morgan fingerprint density at radius 1 is 1.56 bits per heavy atom. The number of aliphatic carboxylic acids is 1. The van der Waals surface area contributed by atoms with Crippen LogP contribution in [0.2, 0.25) is 0 Å². The average Bonchev–Trinajstić information content (AvgIpc) is 2.84. The molecule has 0 spiro atoms. The van der Waals surface area contributed by atoms with E-state index in [0.717, 1.165) is 12.8 Å². The molecule has 2 rings (SSSR count). The molecular weight excluding hydrogens is 272 g/mol. The van der Waals surface area contributed by atoms with Gasteiger partial charge in [-0.2, -0.15) is 11.8 Å². The summed E-state index contributed by atoms with van der Waals surface area (Å²) in [5.41, 5.74) is 0. The van der Waals surface area contributed by atoms with Crippen molar-refractivity contribution >= 4 is 29.5 Å². The fourth-order valence-electron chi connectivity index (χ4n) is 2.19. The highest BCUT2D eigenvalue weighted by Crippen LogP contribution is 2.35. The second-order valence-electron chi connectivity index (χ2n) is 4.27. The van der Waals surface area contributed by atoms with Crippen LogP contribution in [-0.4, -0.2) is 48.5 Å². The van der Waals surface area contributed by atoms with E-state index < -0.39 is 5.97 Å². The number of nitrogens with zero attached hydrogens (tertiary/aromatic N) is 4. The van der Waals surface area contributed by atoms with E-state index in [9.17, 15) is 4.79 Å². The van der Waals surface area contributed by atoms with Gasteiger partial charge in [0.2, 0.25) is 5.16 Å². The first kappa shape index (κ1) is 13.7. The van der Waals surface area contributed by atoms with Crippen LogP contribution >= 0.6 is 23.5 Å². The second kappa shape index (κ2) is 6.42. The van der Waals surface area contributed by atoms with Crippen LogP contribution < -0.4 is 0 Å². The van der Waals surface area contributed by atoms with E-state index in [4.69, 9.17) is 5.11 Å².